The maximum Gasteiger partial charge on any atom is 3.00 e. The van der Waals surface area contributed by atoms with E-state index >= 15 is 0 Å². The Morgan fingerprint density at radius 3 is 1.62 bits per heavy atom. The second-order valence-corrected chi connectivity index (χ2v) is 20.8. The summed E-state index contributed by atoms with van der Waals surface area (Å²) in [6.45, 7) is 18.1. The van der Waals surface area contributed by atoms with Crippen LogP contribution in [0.4, 0.5) is 34.1 Å². The minimum atomic E-state index is 0. The Morgan fingerprint density at radius 1 is 0.459 bits per heavy atom. The van der Waals surface area contributed by atoms with Crippen molar-refractivity contribution < 1.29 is 40.2 Å². The van der Waals surface area contributed by atoms with Gasteiger partial charge in [-0.05, 0) is 105 Å². The molecule has 13 rings (SSSR count). The van der Waals surface area contributed by atoms with Crippen LogP contribution in [-0.4, -0.2) is 43.6 Å². The van der Waals surface area contributed by atoms with Gasteiger partial charge in [0.2, 0.25) is 0 Å². The van der Waals surface area contributed by atoms with Gasteiger partial charge in [0.1, 0.15) is 11.6 Å². The molecule has 430 valence electrons. The minimum absolute atomic E-state index is 0. The average Bonchev–Trinajstić information content (AvgIpc) is 4.49. The fourth-order valence-electron chi connectivity index (χ4n) is 10.5. The van der Waals surface area contributed by atoms with Crippen LogP contribution in [0.15, 0.2) is 212 Å². The number of hydrogen-bond acceptors (Lipinski definition) is 8. The van der Waals surface area contributed by atoms with Crippen molar-refractivity contribution in [1.82, 2.24) is 29.5 Å². The Labute approximate surface area is 530 Å². The van der Waals surface area contributed by atoms with Gasteiger partial charge in [0.25, 0.3) is 0 Å². The van der Waals surface area contributed by atoms with Crippen LogP contribution < -0.4 is 19.6 Å². The minimum Gasteiger partial charge on any atom is -0.504 e. The summed E-state index contributed by atoms with van der Waals surface area (Å²) in [6, 6.07) is 85.4. The summed E-state index contributed by atoms with van der Waals surface area (Å²) >= 11 is 0. The number of nitrogens with zero attached hydrogens (tertiary/aromatic N) is 10. The quantitative estimate of drug-likeness (QED) is 0.112. The summed E-state index contributed by atoms with van der Waals surface area (Å²) in [6.07, 6.45) is 3.18. The van der Waals surface area contributed by atoms with Crippen molar-refractivity contribution in [3.8, 4) is 50.7 Å². The molecule has 0 saturated heterocycles. The second kappa shape index (κ2) is 30.0. The molecule has 0 atom stereocenters. The first-order valence-corrected chi connectivity index (χ1v) is 28.6. The molecule has 0 unspecified atom stereocenters. The van der Waals surface area contributed by atoms with E-state index in [1.807, 2.05) is 91.0 Å². The zero-order valence-electron chi connectivity index (χ0n) is 49.4. The van der Waals surface area contributed by atoms with Crippen LogP contribution in [0.2, 0.25) is 0 Å². The maximum atomic E-state index is 4.50. The Hall–Kier alpha value is -8.24. The van der Waals surface area contributed by atoms with E-state index in [-0.39, 0.29) is 46.1 Å². The standard InChI is InChI=1S/C23H20N3.C22H20N2.C14H18N3.C14H12N2.2Ir/c1-17(2)22-24-25-23(26(22)21-14-7-4-8-15-21)20-13-9-12-19(16-20)18-10-5-3-6-11-18;1-16-8-7-9-17(2)22(16)18-12-13-20-21(14-18)23(3)15-24(20)19-10-5-4-6-11-19;1-3-8-13-15-16-14(17(13)11-4-2)12-9-6-5-7-10-12;1-15-11-16(12-7-3-2-4-8-12)14-10-6-5-9-13(14)15;;/h3-12,14-17H,1-2H3;4-10,12-15H,1-3H3;5-7,9H,3-4,8,11H2,1-2H3;2-7,9-11H,1H3;;/q-1;-2;-1;-2;2*+3. The largest absolute Gasteiger partial charge is 3.00 e. The molecule has 0 radical (unpaired) electrons. The molecule has 0 N–H and O–H groups in total. The zero-order valence-corrected chi connectivity index (χ0v) is 54.2. The molecular weight excluding hydrogens is 1400 g/mol. The molecule has 11 aromatic rings. The molecule has 9 aromatic carbocycles. The first-order valence-electron chi connectivity index (χ1n) is 28.6. The predicted molar refractivity (Wildman–Crippen MR) is 342 cm³/mol. The molecule has 12 heteroatoms. The van der Waals surface area contributed by atoms with Gasteiger partial charge in [-0.3, -0.25) is 0 Å². The molecule has 10 nitrogen and oxygen atoms in total. The fourth-order valence-corrected chi connectivity index (χ4v) is 10.5. The van der Waals surface area contributed by atoms with Crippen LogP contribution in [0.25, 0.3) is 50.7 Å². The number of aromatic nitrogens is 6. The molecule has 0 amide bonds. The molecule has 0 spiro atoms. The smallest absolute Gasteiger partial charge is 0.504 e. The van der Waals surface area contributed by atoms with Gasteiger partial charge < -0.3 is 28.7 Å². The second-order valence-electron chi connectivity index (χ2n) is 20.8. The zero-order chi connectivity index (χ0) is 57.7. The van der Waals surface area contributed by atoms with Crippen molar-refractivity contribution >= 4 is 34.1 Å². The summed E-state index contributed by atoms with van der Waals surface area (Å²) in [5.74, 6) is 4.06. The fraction of sp³-hybridized carbons (Fsp3) is 0.178. The molecule has 0 bridgehead atoms. The van der Waals surface area contributed by atoms with Crippen molar-refractivity contribution in [2.45, 2.75) is 73.3 Å². The van der Waals surface area contributed by atoms with Gasteiger partial charge in [-0.25, -0.2) is 0 Å². The van der Waals surface area contributed by atoms with E-state index in [1.165, 1.54) is 50.6 Å². The van der Waals surface area contributed by atoms with E-state index in [1.54, 1.807) is 0 Å². The molecule has 2 aliphatic heterocycles. The van der Waals surface area contributed by atoms with Crippen molar-refractivity contribution in [3.63, 3.8) is 0 Å². The monoisotopic (exact) mass is 1470 g/mol. The first kappa shape index (κ1) is 62.8. The Kier molecular flexibility index (Phi) is 22.2. The SMILES string of the molecule is CC(C)c1nnc(-c2[c-]ccc(-c3ccccc3)c2)n1-c1ccccc1.CCCc1nnc(-c2[c-]cccc2)n1CCC.CN1[CH-]N(c2[c-]cccc2)c2ccccc21.Cc1cccc(C)c1-c1ccc2c(c1)N(C)[CH-]N2c1[c-]cccc1.[Ir+3].[Ir+3]. The number of fused-ring (bicyclic) bond motifs is 2. The summed E-state index contributed by atoms with van der Waals surface area (Å²) in [5, 5.41) is 17.6. The first-order chi connectivity index (χ1) is 40.6. The summed E-state index contributed by atoms with van der Waals surface area (Å²) in [4.78, 5) is 8.63. The van der Waals surface area contributed by atoms with Gasteiger partial charge in [-0.1, -0.05) is 113 Å². The number of rotatable bonds is 12. The Balaban J connectivity index is 0.000000149. The summed E-state index contributed by atoms with van der Waals surface area (Å²) < 4.78 is 4.35. The summed E-state index contributed by atoms with van der Waals surface area (Å²) in [7, 11) is 4.15. The van der Waals surface area contributed by atoms with E-state index in [2.05, 4.69) is 264 Å². The predicted octanol–water partition coefficient (Wildman–Crippen LogP) is 17.3. The number of anilines is 6. The van der Waals surface area contributed by atoms with Crippen molar-refractivity contribution in [1.29, 1.82) is 0 Å². The van der Waals surface area contributed by atoms with E-state index in [0.29, 0.717) is 0 Å². The van der Waals surface area contributed by atoms with Gasteiger partial charge in [-0.15, -0.1) is 92.9 Å². The third kappa shape index (κ3) is 14.6. The van der Waals surface area contributed by atoms with Gasteiger partial charge in [0, 0.05) is 47.3 Å². The van der Waals surface area contributed by atoms with Crippen molar-refractivity contribution in [3.05, 3.63) is 273 Å². The van der Waals surface area contributed by atoms with Gasteiger partial charge in [0.05, 0.1) is 11.6 Å². The summed E-state index contributed by atoms with van der Waals surface area (Å²) in [5.41, 5.74) is 17.5. The number of benzene rings is 9. The van der Waals surface area contributed by atoms with E-state index < -0.39 is 0 Å². The molecule has 0 aliphatic carbocycles. The topological polar surface area (TPSA) is 74.4 Å². The molecule has 0 fully saturated rings. The van der Waals surface area contributed by atoms with Crippen molar-refractivity contribution in [2.24, 2.45) is 0 Å². The molecule has 0 saturated carbocycles. The molecular formula is C73H70Ir2N10. The van der Waals surface area contributed by atoms with Crippen LogP contribution in [0.5, 0.6) is 0 Å². The van der Waals surface area contributed by atoms with Crippen LogP contribution in [0.3, 0.4) is 0 Å². The van der Waals surface area contributed by atoms with Crippen LogP contribution >= 0.6 is 0 Å². The average molecular weight is 1470 g/mol. The van der Waals surface area contributed by atoms with E-state index in [4.69, 9.17) is 0 Å². The third-order valence-corrected chi connectivity index (χ3v) is 14.5. The van der Waals surface area contributed by atoms with E-state index in [9.17, 15) is 0 Å². The van der Waals surface area contributed by atoms with Crippen LogP contribution in [-0.2, 0) is 53.2 Å². The van der Waals surface area contributed by atoms with Crippen LogP contribution in [0, 0.1) is 51.5 Å². The Bertz CT molecular complexity index is 3810. The van der Waals surface area contributed by atoms with Gasteiger partial charge in [-0.2, -0.15) is 84.2 Å². The number of hydrogen-bond donors (Lipinski definition) is 0. The van der Waals surface area contributed by atoms with Gasteiger partial charge >= 0.3 is 40.2 Å². The van der Waals surface area contributed by atoms with E-state index in [0.717, 1.165) is 82.9 Å². The van der Waals surface area contributed by atoms with Crippen molar-refractivity contribution in [2.75, 3.05) is 33.7 Å². The molecule has 4 heterocycles. The van der Waals surface area contributed by atoms with Crippen LogP contribution in [0.1, 0.15) is 69.2 Å². The normalized spacial score (nSPS) is 11.9. The third-order valence-electron chi connectivity index (χ3n) is 14.5. The Morgan fingerprint density at radius 2 is 1.02 bits per heavy atom. The maximum absolute atomic E-state index is 4.50. The number of para-hydroxylation sites is 5. The molecule has 2 aromatic heterocycles. The molecule has 2 aliphatic rings. The number of aryl methyl sites for hydroxylation is 3. The van der Waals surface area contributed by atoms with Gasteiger partial charge in [0.15, 0.2) is 0 Å². The molecule has 85 heavy (non-hydrogen) atoms.